The Kier molecular flexibility index (Phi) is 2.44. The summed E-state index contributed by atoms with van der Waals surface area (Å²) in [5.41, 5.74) is 6.20. The number of nitrogens with two attached hydrogens (primary N) is 1. The Morgan fingerprint density at radius 2 is 1.94 bits per heavy atom. The minimum Gasteiger partial charge on any atom is -0.399 e. The van der Waals surface area contributed by atoms with Gasteiger partial charge in [-0.25, -0.2) is 8.42 Å². The lowest BCUT2D eigenvalue weighted by Crippen LogP contribution is -1.97. The first-order valence-electron chi connectivity index (χ1n) is 4.70. The number of rotatable bonds is 2. The Morgan fingerprint density at radius 1 is 1.19 bits per heavy atom. The van der Waals surface area contributed by atoms with Crippen LogP contribution in [0.15, 0.2) is 53.3 Å². The van der Waals surface area contributed by atoms with Gasteiger partial charge in [0.05, 0.1) is 4.90 Å². The van der Waals surface area contributed by atoms with E-state index in [1.54, 1.807) is 30.3 Å². The van der Waals surface area contributed by atoms with Crippen LogP contribution in [0.25, 0.3) is 10.8 Å². The third-order valence-corrected chi connectivity index (χ3v) is 3.80. The van der Waals surface area contributed by atoms with Crippen LogP contribution in [0.1, 0.15) is 0 Å². The van der Waals surface area contributed by atoms with Crippen LogP contribution in [0.5, 0.6) is 0 Å². The highest BCUT2D eigenvalue weighted by atomic mass is 32.2. The molecule has 2 N–H and O–H groups in total. The Labute approximate surface area is 94.1 Å². The molecule has 0 bridgehead atoms. The van der Waals surface area contributed by atoms with E-state index >= 15 is 0 Å². The minimum absolute atomic E-state index is 0.243. The molecule has 0 fully saturated rings. The smallest absolute Gasteiger partial charge is 0.199 e. The maximum atomic E-state index is 11.8. The topological polar surface area (TPSA) is 60.2 Å². The van der Waals surface area contributed by atoms with Crippen LogP contribution in [0.3, 0.4) is 0 Å². The van der Waals surface area contributed by atoms with Gasteiger partial charge in [-0.05, 0) is 23.6 Å². The fraction of sp³-hybridized carbons (Fsp3) is 0. The Bertz CT molecular complexity index is 660. The zero-order chi connectivity index (χ0) is 11.8. The van der Waals surface area contributed by atoms with E-state index < -0.39 is 9.84 Å². The van der Waals surface area contributed by atoms with Crippen molar-refractivity contribution in [1.29, 1.82) is 0 Å². The number of hydrogen-bond donors (Lipinski definition) is 1. The fourth-order valence-electron chi connectivity index (χ4n) is 1.60. The van der Waals surface area contributed by atoms with E-state index in [0.29, 0.717) is 11.1 Å². The molecule has 82 valence electrons. The van der Waals surface area contributed by atoms with Crippen LogP contribution >= 0.6 is 0 Å². The maximum absolute atomic E-state index is 11.8. The van der Waals surface area contributed by atoms with Gasteiger partial charge in [-0.3, -0.25) is 0 Å². The van der Waals surface area contributed by atoms with E-state index in [0.717, 1.165) is 10.8 Å². The fourth-order valence-corrected chi connectivity index (χ4v) is 2.53. The van der Waals surface area contributed by atoms with Crippen molar-refractivity contribution in [1.82, 2.24) is 0 Å². The summed E-state index contributed by atoms with van der Waals surface area (Å²) in [6.07, 6.45) is 0. The molecule has 3 nitrogen and oxygen atoms in total. The molecular formula is C12H11NO2S. The number of fused-ring (bicyclic) bond motifs is 1. The quantitative estimate of drug-likeness (QED) is 0.810. The van der Waals surface area contributed by atoms with Gasteiger partial charge in [0.1, 0.15) is 0 Å². The second-order valence-corrected chi connectivity index (χ2v) is 5.31. The van der Waals surface area contributed by atoms with Crippen LogP contribution in [0, 0.1) is 0 Å². The van der Waals surface area contributed by atoms with E-state index in [4.69, 9.17) is 5.73 Å². The van der Waals surface area contributed by atoms with E-state index in [-0.39, 0.29) is 4.90 Å². The first-order chi connectivity index (χ1) is 7.54. The molecule has 0 aliphatic carbocycles. The lowest BCUT2D eigenvalue weighted by atomic mass is 10.1. The van der Waals surface area contributed by atoms with Crippen LogP contribution in [0.4, 0.5) is 5.69 Å². The summed E-state index contributed by atoms with van der Waals surface area (Å²) >= 11 is 0. The van der Waals surface area contributed by atoms with Crippen LogP contribution in [0.2, 0.25) is 0 Å². The Hall–Kier alpha value is -1.81. The number of benzene rings is 2. The molecule has 0 saturated carbocycles. The summed E-state index contributed by atoms with van der Waals surface area (Å²) in [4.78, 5) is 0.243. The van der Waals surface area contributed by atoms with Crippen LogP contribution < -0.4 is 5.73 Å². The molecule has 0 aliphatic heterocycles. The maximum Gasteiger partial charge on any atom is 0.199 e. The summed E-state index contributed by atoms with van der Waals surface area (Å²) in [6, 6.07) is 10.3. The number of anilines is 1. The molecule has 0 unspecified atom stereocenters. The largest absolute Gasteiger partial charge is 0.399 e. The third-order valence-electron chi connectivity index (χ3n) is 2.39. The highest BCUT2D eigenvalue weighted by Gasteiger charge is 2.13. The molecule has 0 spiro atoms. The van der Waals surface area contributed by atoms with Crippen molar-refractivity contribution in [3.63, 3.8) is 0 Å². The molecule has 0 saturated heterocycles. The number of hydrogen-bond acceptors (Lipinski definition) is 3. The van der Waals surface area contributed by atoms with E-state index in [1.165, 1.54) is 0 Å². The Morgan fingerprint density at radius 3 is 2.62 bits per heavy atom. The standard InChI is InChI=1S/C12H11NO2S/c1-2-16(14,15)12-5-3-4-9-6-7-10(13)8-11(9)12/h2-8H,1,13H2. The van der Waals surface area contributed by atoms with E-state index in [1.807, 2.05) is 6.07 Å². The van der Waals surface area contributed by atoms with Crippen molar-refractivity contribution in [2.24, 2.45) is 0 Å². The minimum atomic E-state index is -3.43. The summed E-state index contributed by atoms with van der Waals surface area (Å²) in [5.74, 6) is 0. The van der Waals surface area contributed by atoms with Gasteiger partial charge in [0.15, 0.2) is 9.84 Å². The normalized spacial score (nSPS) is 11.5. The molecule has 2 aromatic rings. The average molecular weight is 233 g/mol. The molecule has 16 heavy (non-hydrogen) atoms. The lowest BCUT2D eigenvalue weighted by molar-refractivity contribution is 0.605. The Balaban J connectivity index is 2.90. The van der Waals surface area contributed by atoms with Crippen molar-refractivity contribution >= 4 is 26.3 Å². The molecule has 0 aliphatic rings. The highest BCUT2D eigenvalue weighted by Crippen LogP contribution is 2.26. The van der Waals surface area contributed by atoms with E-state index in [2.05, 4.69) is 6.58 Å². The van der Waals surface area contributed by atoms with E-state index in [9.17, 15) is 8.42 Å². The van der Waals surface area contributed by atoms with Gasteiger partial charge in [-0.15, -0.1) is 0 Å². The zero-order valence-corrected chi connectivity index (χ0v) is 9.37. The molecule has 4 heteroatoms. The molecule has 0 atom stereocenters. The van der Waals surface area contributed by atoms with Gasteiger partial charge in [0, 0.05) is 16.5 Å². The van der Waals surface area contributed by atoms with Crippen LogP contribution in [-0.4, -0.2) is 8.42 Å². The summed E-state index contributed by atoms with van der Waals surface area (Å²) in [5, 5.41) is 2.42. The zero-order valence-electron chi connectivity index (χ0n) is 8.55. The lowest BCUT2D eigenvalue weighted by Gasteiger charge is -2.05. The molecule has 0 heterocycles. The van der Waals surface area contributed by atoms with Gasteiger partial charge in [0.25, 0.3) is 0 Å². The van der Waals surface area contributed by atoms with Crippen molar-refractivity contribution in [3.05, 3.63) is 48.4 Å². The van der Waals surface area contributed by atoms with Crippen LogP contribution in [-0.2, 0) is 9.84 Å². The molecule has 0 amide bonds. The second-order valence-electron chi connectivity index (χ2n) is 3.45. The van der Waals surface area contributed by atoms with Gasteiger partial charge in [0.2, 0.25) is 0 Å². The van der Waals surface area contributed by atoms with Gasteiger partial charge < -0.3 is 5.73 Å². The summed E-state index contributed by atoms with van der Waals surface area (Å²) < 4.78 is 23.5. The first kappa shape index (κ1) is 10.7. The summed E-state index contributed by atoms with van der Waals surface area (Å²) in [7, 11) is -3.43. The second kappa shape index (κ2) is 3.64. The SMILES string of the molecule is C=CS(=O)(=O)c1cccc2ccc(N)cc12. The molecular weight excluding hydrogens is 222 g/mol. The van der Waals surface area contributed by atoms with Crippen molar-refractivity contribution in [2.45, 2.75) is 4.90 Å². The predicted molar refractivity (Wildman–Crippen MR) is 65.7 cm³/mol. The highest BCUT2D eigenvalue weighted by molar-refractivity contribution is 7.94. The number of sulfone groups is 1. The monoisotopic (exact) mass is 233 g/mol. The molecule has 0 aromatic heterocycles. The van der Waals surface area contributed by atoms with Gasteiger partial charge in [-0.1, -0.05) is 24.8 Å². The predicted octanol–water partition coefficient (Wildman–Crippen LogP) is 2.34. The first-order valence-corrected chi connectivity index (χ1v) is 6.25. The molecule has 2 rings (SSSR count). The summed E-state index contributed by atoms with van der Waals surface area (Å²) in [6.45, 7) is 3.32. The van der Waals surface area contributed by atoms with Gasteiger partial charge in [-0.2, -0.15) is 0 Å². The molecule has 2 aromatic carbocycles. The van der Waals surface area contributed by atoms with Crippen molar-refractivity contribution in [3.8, 4) is 0 Å². The number of nitrogen functional groups attached to an aromatic ring is 1. The van der Waals surface area contributed by atoms with Crippen molar-refractivity contribution in [2.75, 3.05) is 5.73 Å². The van der Waals surface area contributed by atoms with Crippen molar-refractivity contribution < 1.29 is 8.42 Å². The molecule has 0 radical (unpaired) electrons. The van der Waals surface area contributed by atoms with Gasteiger partial charge >= 0.3 is 0 Å². The average Bonchev–Trinajstić information content (AvgIpc) is 2.28. The third kappa shape index (κ3) is 1.67.